The van der Waals surface area contributed by atoms with Crippen LogP contribution in [-0.4, -0.2) is 44.1 Å². The van der Waals surface area contributed by atoms with Crippen LogP contribution in [-0.2, 0) is 19.6 Å². The Labute approximate surface area is 94.4 Å². The van der Waals surface area contributed by atoms with Crippen molar-refractivity contribution in [2.75, 3.05) is 13.4 Å². The monoisotopic (exact) mass is 243 g/mol. The van der Waals surface area contributed by atoms with Crippen molar-refractivity contribution in [3.63, 3.8) is 0 Å². The number of esters is 1. The number of hydrogen-bond acceptors (Lipinski definition) is 4. The lowest BCUT2D eigenvalue weighted by molar-refractivity contribution is -0.136. The molecule has 2 unspecified atom stereocenters. The van der Waals surface area contributed by atoms with Crippen LogP contribution >= 0.6 is 0 Å². The van der Waals surface area contributed by atoms with E-state index in [-0.39, 0.29) is 6.04 Å². The van der Waals surface area contributed by atoms with Gasteiger partial charge in [-0.3, -0.25) is 0 Å². The van der Waals surface area contributed by atoms with Gasteiger partial charge in [-0.05, 0) is 6.42 Å². The Bertz CT molecular complexity index is 477. The number of hydrogen-bond donors (Lipinski definition) is 0. The first-order valence-electron chi connectivity index (χ1n) is 4.90. The highest BCUT2D eigenvalue weighted by molar-refractivity contribution is 7.88. The number of methoxy groups -OCH3 is 1. The molecule has 0 saturated heterocycles. The van der Waals surface area contributed by atoms with Crippen molar-refractivity contribution in [3.05, 3.63) is 23.8 Å². The van der Waals surface area contributed by atoms with Gasteiger partial charge in [0.1, 0.15) is 0 Å². The van der Waals surface area contributed by atoms with E-state index in [2.05, 4.69) is 4.74 Å². The maximum Gasteiger partial charge on any atom is 0.335 e. The van der Waals surface area contributed by atoms with E-state index in [0.29, 0.717) is 12.0 Å². The zero-order valence-corrected chi connectivity index (χ0v) is 9.90. The summed E-state index contributed by atoms with van der Waals surface area (Å²) in [4.78, 5) is 11.5. The lowest BCUT2D eigenvalue weighted by Gasteiger charge is -2.31. The molecule has 88 valence electrons. The second kappa shape index (κ2) is 3.71. The minimum atomic E-state index is -3.31. The van der Waals surface area contributed by atoms with Crippen molar-refractivity contribution in [1.29, 1.82) is 0 Å². The fourth-order valence-corrected chi connectivity index (χ4v) is 3.42. The Kier molecular flexibility index (Phi) is 2.63. The Hall–Kier alpha value is -1.14. The summed E-state index contributed by atoms with van der Waals surface area (Å²) < 4.78 is 29.2. The highest BCUT2D eigenvalue weighted by Crippen LogP contribution is 2.32. The molecular weight excluding hydrogens is 230 g/mol. The van der Waals surface area contributed by atoms with Gasteiger partial charge in [0.25, 0.3) is 0 Å². The van der Waals surface area contributed by atoms with Gasteiger partial charge < -0.3 is 4.74 Å². The van der Waals surface area contributed by atoms with Gasteiger partial charge in [0.05, 0.1) is 25.0 Å². The Balaban J connectivity index is 2.38. The molecule has 2 aliphatic rings. The minimum absolute atomic E-state index is 0.159. The van der Waals surface area contributed by atoms with Crippen LogP contribution in [0.1, 0.15) is 6.42 Å². The van der Waals surface area contributed by atoms with Crippen LogP contribution in [0.2, 0.25) is 0 Å². The van der Waals surface area contributed by atoms with E-state index in [1.807, 2.05) is 6.08 Å². The molecule has 0 aliphatic carbocycles. The predicted molar refractivity (Wildman–Crippen MR) is 58.1 cm³/mol. The van der Waals surface area contributed by atoms with Gasteiger partial charge in [0, 0.05) is 6.04 Å². The second-order valence-corrected chi connectivity index (χ2v) is 5.76. The molecule has 0 aromatic carbocycles. The third kappa shape index (κ3) is 1.68. The molecule has 0 aromatic rings. The molecule has 0 saturated carbocycles. The van der Waals surface area contributed by atoms with Gasteiger partial charge in [-0.25, -0.2) is 13.2 Å². The van der Waals surface area contributed by atoms with Crippen molar-refractivity contribution in [3.8, 4) is 0 Å². The average molecular weight is 243 g/mol. The molecule has 2 atom stereocenters. The number of rotatable bonds is 2. The zero-order valence-electron chi connectivity index (χ0n) is 9.08. The summed E-state index contributed by atoms with van der Waals surface area (Å²) in [6, 6.07) is -0.658. The molecule has 2 aliphatic heterocycles. The summed E-state index contributed by atoms with van der Waals surface area (Å²) >= 11 is 0. The molecule has 6 heteroatoms. The van der Waals surface area contributed by atoms with E-state index in [0.717, 1.165) is 6.26 Å². The standard InChI is InChI=1S/C10H13NO4S/c1-15-10(12)8-5-3-7-4-6-9(8)11(7)16(2,13)14/h4-7,9H,3H2,1-2H3. The van der Waals surface area contributed by atoms with E-state index < -0.39 is 22.0 Å². The molecule has 0 aromatic heterocycles. The van der Waals surface area contributed by atoms with Crippen molar-refractivity contribution in [1.82, 2.24) is 4.31 Å². The van der Waals surface area contributed by atoms with Gasteiger partial charge in [-0.2, -0.15) is 4.31 Å². The van der Waals surface area contributed by atoms with Crippen molar-refractivity contribution in [2.24, 2.45) is 0 Å². The minimum Gasteiger partial charge on any atom is -0.466 e. The largest absolute Gasteiger partial charge is 0.466 e. The molecule has 0 amide bonds. The lowest BCUT2D eigenvalue weighted by Crippen LogP contribution is -2.45. The molecular formula is C10H13NO4S. The topological polar surface area (TPSA) is 63.7 Å². The van der Waals surface area contributed by atoms with Crippen LogP contribution in [0.25, 0.3) is 0 Å². The maximum atomic E-state index is 11.6. The van der Waals surface area contributed by atoms with Crippen molar-refractivity contribution < 1.29 is 17.9 Å². The van der Waals surface area contributed by atoms with E-state index in [1.165, 1.54) is 11.4 Å². The number of nitrogens with zero attached hydrogens (tertiary/aromatic N) is 1. The van der Waals surface area contributed by atoms with Crippen LogP contribution in [0.3, 0.4) is 0 Å². The fourth-order valence-electron chi connectivity index (χ4n) is 2.18. The molecule has 16 heavy (non-hydrogen) atoms. The van der Waals surface area contributed by atoms with E-state index in [9.17, 15) is 13.2 Å². The third-order valence-corrected chi connectivity index (χ3v) is 4.08. The molecule has 2 bridgehead atoms. The lowest BCUT2D eigenvalue weighted by atomic mass is 10.0. The quantitative estimate of drug-likeness (QED) is 0.508. The summed E-state index contributed by atoms with van der Waals surface area (Å²) in [7, 11) is -2.02. The first kappa shape index (κ1) is 11.3. The van der Waals surface area contributed by atoms with Crippen LogP contribution in [0.4, 0.5) is 0 Å². The van der Waals surface area contributed by atoms with Crippen LogP contribution in [0.5, 0.6) is 0 Å². The van der Waals surface area contributed by atoms with Crippen molar-refractivity contribution >= 4 is 16.0 Å². The van der Waals surface area contributed by atoms with Crippen molar-refractivity contribution in [2.45, 2.75) is 18.5 Å². The molecule has 5 nitrogen and oxygen atoms in total. The van der Waals surface area contributed by atoms with Gasteiger partial charge in [-0.1, -0.05) is 18.2 Å². The number of carbonyl (C=O) groups is 1. The average Bonchev–Trinajstić information content (AvgIpc) is 2.53. The van der Waals surface area contributed by atoms with Crippen LogP contribution in [0, 0.1) is 0 Å². The highest BCUT2D eigenvalue weighted by Gasteiger charge is 2.42. The SMILES string of the molecule is COC(=O)C1=CCC2C=CC1N2S(C)(=O)=O. The summed E-state index contributed by atoms with van der Waals surface area (Å²) in [5.41, 5.74) is 0.401. The van der Waals surface area contributed by atoms with E-state index in [4.69, 9.17) is 0 Å². The first-order valence-corrected chi connectivity index (χ1v) is 6.75. The molecule has 2 rings (SSSR count). The second-order valence-electron chi connectivity index (χ2n) is 3.88. The molecule has 0 spiro atoms. The van der Waals surface area contributed by atoms with Crippen LogP contribution in [0.15, 0.2) is 23.8 Å². The normalized spacial score (nSPS) is 29.0. The van der Waals surface area contributed by atoms with E-state index >= 15 is 0 Å². The number of fused-ring (bicyclic) bond motifs is 2. The maximum absolute atomic E-state index is 11.6. The van der Waals surface area contributed by atoms with Crippen LogP contribution < -0.4 is 0 Å². The van der Waals surface area contributed by atoms with Gasteiger partial charge in [0.15, 0.2) is 0 Å². The zero-order chi connectivity index (χ0) is 11.9. The Morgan fingerprint density at radius 1 is 1.50 bits per heavy atom. The third-order valence-electron chi connectivity index (χ3n) is 2.82. The Morgan fingerprint density at radius 2 is 2.19 bits per heavy atom. The van der Waals surface area contributed by atoms with Gasteiger partial charge in [0.2, 0.25) is 10.0 Å². The Morgan fingerprint density at radius 3 is 2.75 bits per heavy atom. The summed E-state index contributed by atoms with van der Waals surface area (Å²) in [5.74, 6) is -0.469. The summed E-state index contributed by atoms with van der Waals surface area (Å²) in [6.07, 6.45) is 6.98. The summed E-state index contributed by atoms with van der Waals surface area (Å²) in [6.45, 7) is 0. The fraction of sp³-hybridized carbons (Fsp3) is 0.500. The highest BCUT2D eigenvalue weighted by atomic mass is 32.2. The molecule has 0 N–H and O–H groups in total. The molecule has 0 fully saturated rings. The smallest absolute Gasteiger partial charge is 0.335 e. The van der Waals surface area contributed by atoms with Gasteiger partial charge in [-0.15, -0.1) is 0 Å². The first-order chi connectivity index (χ1) is 7.45. The number of carbonyl (C=O) groups excluding carboxylic acids is 1. The molecule has 2 heterocycles. The number of ether oxygens (including phenoxy) is 1. The predicted octanol–water partition coefficient (Wildman–Crippen LogP) is 0.0581. The summed E-state index contributed by atoms with van der Waals surface area (Å²) in [5, 5.41) is 0. The number of sulfonamides is 1. The molecule has 0 radical (unpaired) electrons. The van der Waals surface area contributed by atoms with E-state index in [1.54, 1.807) is 12.2 Å². The van der Waals surface area contributed by atoms with Gasteiger partial charge >= 0.3 is 5.97 Å².